The maximum absolute atomic E-state index is 12.0. The van der Waals surface area contributed by atoms with Crippen LogP contribution in [0.5, 0.6) is 0 Å². The topological polar surface area (TPSA) is 131 Å². The molecule has 2 N–H and O–H groups in total. The first kappa shape index (κ1) is 20.9. The maximum Gasteiger partial charge on any atom is 0.337 e. The minimum Gasteiger partial charge on any atom is -0.465 e. The molecule has 1 aliphatic heterocycles. The number of esters is 2. The van der Waals surface area contributed by atoms with Gasteiger partial charge in [-0.25, -0.2) is 9.59 Å². The van der Waals surface area contributed by atoms with E-state index in [9.17, 15) is 24.0 Å². The Balaban J connectivity index is 1.91. The van der Waals surface area contributed by atoms with E-state index in [0.717, 1.165) is 4.90 Å². The average Bonchev–Trinajstić information content (AvgIpc) is 2.82. The van der Waals surface area contributed by atoms with Gasteiger partial charge in [-0.05, 0) is 38.5 Å². The number of rotatable bonds is 6. The molecule has 10 heteroatoms. The molecule has 0 unspecified atom stereocenters. The van der Waals surface area contributed by atoms with Crippen molar-refractivity contribution >= 4 is 35.5 Å². The maximum atomic E-state index is 12.0. The lowest BCUT2D eigenvalue weighted by Crippen LogP contribution is -2.41. The Kier molecular flexibility index (Phi) is 6.02. The molecule has 0 aromatic heterocycles. The third-order valence-corrected chi connectivity index (χ3v) is 4.03. The lowest BCUT2D eigenvalue weighted by atomic mass is 10.1. The van der Waals surface area contributed by atoms with Gasteiger partial charge in [0.25, 0.3) is 11.8 Å². The number of benzene rings is 1. The third-order valence-electron chi connectivity index (χ3n) is 4.03. The fourth-order valence-corrected chi connectivity index (χ4v) is 2.47. The van der Waals surface area contributed by atoms with Gasteiger partial charge in [0.15, 0.2) is 6.61 Å². The molecule has 150 valence electrons. The van der Waals surface area contributed by atoms with Gasteiger partial charge in [-0.1, -0.05) is 6.07 Å². The second-order valence-corrected chi connectivity index (χ2v) is 6.68. The molecule has 4 amide bonds. The molecule has 0 radical (unpaired) electrons. The van der Waals surface area contributed by atoms with E-state index in [1.54, 1.807) is 19.1 Å². The van der Waals surface area contributed by atoms with Crippen LogP contribution in [0.25, 0.3) is 0 Å². The fraction of sp³-hybridized carbons (Fsp3) is 0.389. The number of carbonyl (C=O) groups excluding carboxylic acids is 5. The molecular formula is C18H21N3O7. The number of amides is 4. The molecule has 28 heavy (non-hydrogen) atoms. The van der Waals surface area contributed by atoms with E-state index in [1.165, 1.54) is 27.0 Å². The van der Waals surface area contributed by atoms with Crippen LogP contribution < -0.4 is 10.6 Å². The molecule has 0 saturated carbocycles. The van der Waals surface area contributed by atoms with Crippen molar-refractivity contribution in [3.8, 4) is 0 Å². The summed E-state index contributed by atoms with van der Waals surface area (Å²) in [6.45, 7) is 3.53. The van der Waals surface area contributed by atoms with Crippen molar-refractivity contribution in [2.24, 2.45) is 0 Å². The van der Waals surface area contributed by atoms with Gasteiger partial charge in [0.1, 0.15) is 12.1 Å². The minimum atomic E-state index is -1.10. The fourth-order valence-electron chi connectivity index (χ4n) is 2.47. The van der Waals surface area contributed by atoms with Crippen LogP contribution in [0.1, 0.15) is 29.8 Å². The molecule has 1 heterocycles. The van der Waals surface area contributed by atoms with E-state index in [4.69, 9.17) is 4.74 Å². The second-order valence-electron chi connectivity index (χ2n) is 6.68. The summed E-state index contributed by atoms with van der Waals surface area (Å²) in [5.74, 6) is -2.67. The highest BCUT2D eigenvalue weighted by Gasteiger charge is 2.45. The first-order valence-electron chi connectivity index (χ1n) is 8.33. The number of urea groups is 1. The smallest absolute Gasteiger partial charge is 0.337 e. The Morgan fingerprint density at radius 1 is 1.21 bits per heavy atom. The number of hydrogen-bond donors (Lipinski definition) is 2. The van der Waals surface area contributed by atoms with Crippen LogP contribution in [0, 0.1) is 6.92 Å². The first-order chi connectivity index (χ1) is 13.0. The van der Waals surface area contributed by atoms with Crippen molar-refractivity contribution in [3.05, 3.63) is 29.3 Å². The number of aryl methyl sites for hydroxylation is 1. The number of carbonyl (C=O) groups is 5. The number of methoxy groups -OCH3 is 1. The molecular weight excluding hydrogens is 370 g/mol. The van der Waals surface area contributed by atoms with Crippen molar-refractivity contribution in [3.63, 3.8) is 0 Å². The van der Waals surface area contributed by atoms with Crippen LogP contribution in [0.3, 0.4) is 0 Å². The van der Waals surface area contributed by atoms with Crippen molar-refractivity contribution in [2.75, 3.05) is 25.6 Å². The summed E-state index contributed by atoms with van der Waals surface area (Å²) in [5.41, 5.74) is 0.201. The zero-order chi connectivity index (χ0) is 21.1. The van der Waals surface area contributed by atoms with E-state index in [1.807, 2.05) is 0 Å². The van der Waals surface area contributed by atoms with Crippen LogP contribution in [0.15, 0.2) is 18.2 Å². The van der Waals surface area contributed by atoms with Crippen molar-refractivity contribution in [1.29, 1.82) is 0 Å². The number of anilines is 1. The quantitative estimate of drug-likeness (QED) is 0.536. The zero-order valence-corrected chi connectivity index (χ0v) is 16.0. The molecule has 1 aromatic rings. The third kappa shape index (κ3) is 4.64. The van der Waals surface area contributed by atoms with E-state index in [0.29, 0.717) is 11.3 Å². The molecule has 0 atom stereocenters. The molecule has 1 aliphatic rings. The highest BCUT2D eigenvalue weighted by molar-refractivity contribution is 6.08. The highest BCUT2D eigenvalue weighted by Crippen LogP contribution is 2.18. The molecule has 0 aliphatic carbocycles. The monoisotopic (exact) mass is 391 g/mol. The summed E-state index contributed by atoms with van der Waals surface area (Å²) in [5, 5.41) is 4.96. The standard InChI is InChI=1S/C18H21N3O7/c1-10-5-6-11(15(24)27-4)7-12(10)19-13(22)9-28-14(23)8-21-16(25)18(2,3)20-17(21)26/h5-7H,8-9H2,1-4H3,(H,19,22)(H,20,26). The predicted octanol–water partition coefficient (Wildman–Crippen LogP) is 0.594. The Morgan fingerprint density at radius 2 is 1.89 bits per heavy atom. The summed E-state index contributed by atoms with van der Waals surface area (Å²) >= 11 is 0. The van der Waals surface area contributed by atoms with Gasteiger partial charge in [-0.15, -0.1) is 0 Å². The van der Waals surface area contributed by atoms with Gasteiger partial charge in [-0.2, -0.15) is 0 Å². The van der Waals surface area contributed by atoms with Crippen LogP contribution in [0.4, 0.5) is 10.5 Å². The van der Waals surface area contributed by atoms with E-state index >= 15 is 0 Å². The lowest BCUT2D eigenvalue weighted by Gasteiger charge is -2.15. The molecule has 0 bridgehead atoms. The number of ether oxygens (including phenoxy) is 2. The minimum absolute atomic E-state index is 0.251. The summed E-state index contributed by atoms with van der Waals surface area (Å²) in [6, 6.07) is 3.92. The van der Waals surface area contributed by atoms with Gasteiger partial charge < -0.3 is 20.1 Å². The molecule has 2 rings (SSSR count). The van der Waals surface area contributed by atoms with Crippen LogP contribution in [-0.4, -0.2) is 60.5 Å². The Bertz CT molecular complexity index is 848. The largest absolute Gasteiger partial charge is 0.465 e. The Hall–Kier alpha value is -3.43. The van der Waals surface area contributed by atoms with Crippen LogP contribution in [0.2, 0.25) is 0 Å². The number of imide groups is 1. The van der Waals surface area contributed by atoms with E-state index < -0.39 is 48.5 Å². The van der Waals surface area contributed by atoms with Gasteiger partial charge in [0, 0.05) is 5.69 Å². The van der Waals surface area contributed by atoms with Crippen LogP contribution in [-0.2, 0) is 23.9 Å². The molecule has 1 fully saturated rings. The van der Waals surface area contributed by atoms with Gasteiger partial charge in [0.2, 0.25) is 0 Å². The Morgan fingerprint density at radius 3 is 2.46 bits per heavy atom. The molecule has 1 aromatic carbocycles. The number of hydrogen-bond acceptors (Lipinski definition) is 7. The van der Waals surface area contributed by atoms with Crippen molar-refractivity contribution < 1.29 is 33.4 Å². The summed E-state index contributed by atoms with van der Waals surface area (Å²) in [7, 11) is 1.24. The SMILES string of the molecule is COC(=O)c1ccc(C)c(NC(=O)COC(=O)CN2C(=O)NC(C)(C)C2=O)c1. The summed E-state index contributed by atoms with van der Waals surface area (Å²) in [6.07, 6.45) is 0. The zero-order valence-electron chi connectivity index (χ0n) is 16.0. The predicted molar refractivity (Wildman–Crippen MR) is 96.4 cm³/mol. The highest BCUT2D eigenvalue weighted by atomic mass is 16.5. The number of nitrogens with zero attached hydrogens (tertiary/aromatic N) is 1. The summed E-state index contributed by atoms with van der Waals surface area (Å²) < 4.78 is 9.45. The van der Waals surface area contributed by atoms with E-state index in [-0.39, 0.29) is 5.56 Å². The normalized spacial score (nSPS) is 15.1. The lowest BCUT2D eigenvalue weighted by molar-refractivity contribution is -0.150. The van der Waals surface area contributed by atoms with E-state index in [2.05, 4.69) is 15.4 Å². The van der Waals surface area contributed by atoms with Gasteiger partial charge in [-0.3, -0.25) is 19.3 Å². The Labute approximate surface area is 161 Å². The van der Waals surface area contributed by atoms with Crippen LogP contribution >= 0.6 is 0 Å². The average molecular weight is 391 g/mol. The molecule has 10 nitrogen and oxygen atoms in total. The second kappa shape index (κ2) is 8.07. The summed E-state index contributed by atoms with van der Waals surface area (Å²) in [4.78, 5) is 59.9. The molecule has 0 spiro atoms. The van der Waals surface area contributed by atoms with Gasteiger partial charge >= 0.3 is 18.0 Å². The van der Waals surface area contributed by atoms with Crippen molar-refractivity contribution in [1.82, 2.24) is 10.2 Å². The molecule has 1 saturated heterocycles. The first-order valence-corrected chi connectivity index (χ1v) is 8.33. The van der Waals surface area contributed by atoms with Gasteiger partial charge in [0.05, 0.1) is 12.7 Å². The number of nitrogens with one attached hydrogen (secondary N) is 2. The van der Waals surface area contributed by atoms with Crippen molar-refractivity contribution in [2.45, 2.75) is 26.3 Å².